The van der Waals surface area contributed by atoms with Crippen LogP contribution >= 0.6 is 0 Å². The Labute approximate surface area is 155 Å². The zero-order valence-corrected chi connectivity index (χ0v) is 15.7. The van der Waals surface area contributed by atoms with Crippen molar-refractivity contribution in [3.05, 3.63) is 66.7 Å². The van der Waals surface area contributed by atoms with Gasteiger partial charge in [-0.3, -0.25) is 4.79 Å². The Bertz CT molecular complexity index is 742. The molecule has 2 atom stereocenters. The van der Waals surface area contributed by atoms with Crippen molar-refractivity contribution in [2.24, 2.45) is 0 Å². The van der Waals surface area contributed by atoms with E-state index in [0.717, 1.165) is 17.7 Å². The molecular weight excluding hydrogens is 326 g/mol. The van der Waals surface area contributed by atoms with E-state index in [0.29, 0.717) is 24.0 Å². The molecule has 0 spiro atoms. The molecule has 1 amide bonds. The standard InChI is InChI=1S/C22H27NO3/c1-5-14-25-19-11-9-10-18(15-19)23-22(24)17(4)26-21-13-8-7-12-20(21)16(3)6-2/h5,7-13,15-17H,1,6,14H2,2-4H3,(H,23,24). The Balaban J connectivity index is 2.03. The number of rotatable bonds is 9. The fourth-order valence-electron chi connectivity index (χ4n) is 2.52. The van der Waals surface area contributed by atoms with Crippen LogP contribution in [0.2, 0.25) is 0 Å². The molecule has 1 N–H and O–H groups in total. The van der Waals surface area contributed by atoms with Crippen molar-refractivity contribution >= 4 is 11.6 Å². The largest absolute Gasteiger partial charge is 0.489 e. The van der Waals surface area contributed by atoms with E-state index >= 15 is 0 Å². The van der Waals surface area contributed by atoms with E-state index in [1.54, 1.807) is 19.1 Å². The summed E-state index contributed by atoms with van der Waals surface area (Å²) in [6.07, 6.45) is 2.08. The number of benzene rings is 2. The normalized spacial score (nSPS) is 12.7. The number of anilines is 1. The maximum absolute atomic E-state index is 12.5. The third kappa shape index (κ3) is 5.38. The highest BCUT2D eigenvalue weighted by molar-refractivity contribution is 5.94. The summed E-state index contributed by atoms with van der Waals surface area (Å²) in [7, 11) is 0. The number of carbonyl (C=O) groups excluding carboxylic acids is 1. The first-order valence-corrected chi connectivity index (χ1v) is 8.95. The molecule has 0 fully saturated rings. The maximum Gasteiger partial charge on any atom is 0.265 e. The minimum Gasteiger partial charge on any atom is -0.489 e. The average Bonchev–Trinajstić information content (AvgIpc) is 2.66. The van der Waals surface area contributed by atoms with Crippen LogP contribution in [0.25, 0.3) is 0 Å². The van der Waals surface area contributed by atoms with Gasteiger partial charge in [0.15, 0.2) is 6.10 Å². The minimum absolute atomic E-state index is 0.204. The van der Waals surface area contributed by atoms with Crippen molar-refractivity contribution in [1.82, 2.24) is 0 Å². The van der Waals surface area contributed by atoms with Gasteiger partial charge in [0.1, 0.15) is 18.1 Å². The Kier molecular flexibility index (Phi) is 7.27. The van der Waals surface area contributed by atoms with E-state index in [4.69, 9.17) is 9.47 Å². The molecule has 2 unspecified atom stereocenters. The van der Waals surface area contributed by atoms with Gasteiger partial charge < -0.3 is 14.8 Å². The van der Waals surface area contributed by atoms with Crippen LogP contribution in [0, 0.1) is 0 Å². The van der Waals surface area contributed by atoms with Crippen molar-refractivity contribution in [3.8, 4) is 11.5 Å². The van der Waals surface area contributed by atoms with E-state index in [1.165, 1.54) is 0 Å². The van der Waals surface area contributed by atoms with Crippen LogP contribution in [-0.2, 0) is 4.79 Å². The summed E-state index contributed by atoms with van der Waals surface area (Å²) in [5.74, 6) is 1.61. The molecule has 4 nitrogen and oxygen atoms in total. The minimum atomic E-state index is -0.613. The highest BCUT2D eigenvalue weighted by Crippen LogP contribution is 2.29. The zero-order valence-electron chi connectivity index (χ0n) is 15.7. The number of para-hydroxylation sites is 1. The second-order valence-electron chi connectivity index (χ2n) is 6.22. The quantitative estimate of drug-likeness (QED) is 0.633. The van der Waals surface area contributed by atoms with Crippen molar-refractivity contribution in [3.63, 3.8) is 0 Å². The van der Waals surface area contributed by atoms with Gasteiger partial charge in [-0.2, -0.15) is 0 Å². The predicted octanol–water partition coefficient (Wildman–Crippen LogP) is 5.17. The van der Waals surface area contributed by atoms with Crippen molar-refractivity contribution < 1.29 is 14.3 Å². The number of nitrogens with one attached hydrogen (secondary N) is 1. The van der Waals surface area contributed by atoms with E-state index in [-0.39, 0.29) is 5.91 Å². The number of hydrogen-bond donors (Lipinski definition) is 1. The second-order valence-corrected chi connectivity index (χ2v) is 6.22. The first-order chi connectivity index (χ1) is 12.5. The highest BCUT2D eigenvalue weighted by atomic mass is 16.5. The van der Waals surface area contributed by atoms with Crippen molar-refractivity contribution in [2.75, 3.05) is 11.9 Å². The molecule has 0 heterocycles. The van der Waals surface area contributed by atoms with Crippen LogP contribution in [0.1, 0.15) is 38.7 Å². The SMILES string of the molecule is C=CCOc1cccc(NC(=O)C(C)Oc2ccccc2C(C)CC)c1. The summed E-state index contributed by atoms with van der Waals surface area (Å²) in [4.78, 5) is 12.5. The van der Waals surface area contributed by atoms with Crippen molar-refractivity contribution in [2.45, 2.75) is 39.2 Å². The van der Waals surface area contributed by atoms with Crippen LogP contribution in [0.4, 0.5) is 5.69 Å². The predicted molar refractivity (Wildman–Crippen MR) is 106 cm³/mol. The number of carbonyl (C=O) groups is 1. The summed E-state index contributed by atoms with van der Waals surface area (Å²) in [5.41, 5.74) is 1.79. The average molecular weight is 353 g/mol. The van der Waals surface area contributed by atoms with Gasteiger partial charge in [-0.15, -0.1) is 0 Å². The van der Waals surface area contributed by atoms with E-state index < -0.39 is 6.10 Å². The molecule has 4 heteroatoms. The van der Waals surface area contributed by atoms with Crippen molar-refractivity contribution in [1.29, 1.82) is 0 Å². The summed E-state index contributed by atoms with van der Waals surface area (Å²) in [6.45, 7) is 10.1. The first-order valence-electron chi connectivity index (χ1n) is 8.95. The van der Waals surface area contributed by atoms with Crippen LogP contribution in [0.3, 0.4) is 0 Å². The molecule has 26 heavy (non-hydrogen) atoms. The first kappa shape index (κ1) is 19.6. The lowest BCUT2D eigenvalue weighted by Gasteiger charge is -2.19. The third-order valence-electron chi connectivity index (χ3n) is 4.20. The van der Waals surface area contributed by atoms with E-state index in [9.17, 15) is 4.79 Å². The van der Waals surface area contributed by atoms with Gasteiger partial charge in [0.25, 0.3) is 5.91 Å². The molecule has 0 saturated heterocycles. The summed E-state index contributed by atoms with van der Waals surface area (Å²) in [5, 5.41) is 2.87. The molecule has 2 rings (SSSR count). The fourth-order valence-corrected chi connectivity index (χ4v) is 2.52. The molecule has 2 aromatic rings. The third-order valence-corrected chi connectivity index (χ3v) is 4.20. The lowest BCUT2D eigenvalue weighted by molar-refractivity contribution is -0.122. The van der Waals surface area contributed by atoms with Gasteiger partial charge in [0, 0.05) is 11.8 Å². The molecule has 0 aromatic heterocycles. The monoisotopic (exact) mass is 353 g/mol. The number of ether oxygens (including phenoxy) is 2. The highest BCUT2D eigenvalue weighted by Gasteiger charge is 2.18. The van der Waals surface area contributed by atoms with Gasteiger partial charge in [-0.25, -0.2) is 0 Å². The van der Waals surface area contributed by atoms with Gasteiger partial charge in [-0.1, -0.05) is 50.8 Å². The maximum atomic E-state index is 12.5. The number of amides is 1. The summed E-state index contributed by atoms with van der Waals surface area (Å²) in [6, 6.07) is 15.1. The topological polar surface area (TPSA) is 47.6 Å². The van der Waals surface area contributed by atoms with Gasteiger partial charge in [0.05, 0.1) is 0 Å². The lowest BCUT2D eigenvalue weighted by Crippen LogP contribution is -2.30. The molecule has 0 bridgehead atoms. The second kappa shape index (κ2) is 9.66. The molecule has 0 saturated carbocycles. The Morgan fingerprint density at radius 3 is 2.69 bits per heavy atom. The van der Waals surface area contributed by atoms with Crippen LogP contribution in [0.15, 0.2) is 61.2 Å². The fraction of sp³-hybridized carbons (Fsp3) is 0.318. The van der Waals surface area contributed by atoms with Gasteiger partial charge in [-0.05, 0) is 43.0 Å². The molecular formula is C22H27NO3. The van der Waals surface area contributed by atoms with E-state index in [1.807, 2.05) is 36.4 Å². The van der Waals surface area contributed by atoms with Gasteiger partial charge in [0.2, 0.25) is 0 Å². The molecule has 0 aliphatic heterocycles. The summed E-state index contributed by atoms with van der Waals surface area (Å²) >= 11 is 0. The van der Waals surface area contributed by atoms with E-state index in [2.05, 4.69) is 31.8 Å². The van der Waals surface area contributed by atoms with Crippen LogP contribution < -0.4 is 14.8 Å². The number of hydrogen-bond acceptors (Lipinski definition) is 3. The molecule has 138 valence electrons. The van der Waals surface area contributed by atoms with Crippen LogP contribution in [0.5, 0.6) is 11.5 Å². The summed E-state index contributed by atoms with van der Waals surface area (Å²) < 4.78 is 11.4. The van der Waals surface area contributed by atoms with Crippen LogP contribution in [-0.4, -0.2) is 18.6 Å². The smallest absolute Gasteiger partial charge is 0.265 e. The molecule has 0 aliphatic carbocycles. The molecule has 2 aromatic carbocycles. The Hall–Kier alpha value is -2.75. The Morgan fingerprint density at radius 2 is 1.96 bits per heavy atom. The zero-order chi connectivity index (χ0) is 18.9. The Morgan fingerprint density at radius 1 is 1.19 bits per heavy atom. The molecule has 0 radical (unpaired) electrons. The lowest BCUT2D eigenvalue weighted by atomic mass is 9.98. The molecule has 0 aliphatic rings. The van der Waals surface area contributed by atoms with Gasteiger partial charge >= 0.3 is 0 Å².